The quantitative estimate of drug-likeness (QED) is 0.864. The number of nitrogens with zero attached hydrogens (tertiary/aromatic N) is 1. The number of anilines is 3. The molecule has 0 unspecified atom stereocenters. The highest BCUT2D eigenvalue weighted by atomic mass is 32.2. The normalized spacial score (nSPS) is 13.3. The smallest absolute Gasteiger partial charge is 0.258 e. The van der Waals surface area contributed by atoms with Gasteiger partial charge in [-0.15, -0.1) is 0 Å². The van der Waals surface area contributed by atoms with Gasteiger partial charge in [-0.2, -0.15) is 0 Å². The number of fused-ring (bicyclic) bond motifs is 1. The van der Waals surface area contributed by atoms with Crippen LogP contribution in [0.15, 0.2) is 23.0 Å². The molecule has 0 atom stereocenters. The zero-order valence-electron chi connectivity index (χ0n) is 14.0. The van der Waals surface area contributed by atoms with Crippen molar-refractivity contribution in [2.45, 2.75) is 20.4 Å². The Morgan fingerprint density at radius 1 is 1.24 bits per heavy atom. The largest absolute Gasteiger partial charge is 0.475 e. The van der Waals surface area contributed by atoms with Gasteiger partial charge in [-0.05, 0) is 31.5 Å². The van der Waals surface area contributed by atoms with Crippen LogP contribution in [-0.4, -0.2) is 25.8 Å². The van der Waals surface area contributed by atoms with Crippen molar-refractivity contribution in [1.29, 1.82) is 0 Å². The molecule has 0 fully saturated rings. The monoisotopic (exact) mass is 367 g/mol. The first kappa shape index (κ1) is 17.3. The van der Waals surface area contributed by atoms with Crippen molar-refractivity contribution >= 4 is 27.1 Å². The Morgan fingerprint density at radius 3 is 2.60 bits per heavy atom. The van der Waals surface area contributed by atoms with Crippen LogP contribution in [-0.2, 0) is 16.6 Å². The van der Waals surface area contributed by atoms with E-state index in [0.29, 0.717) is 6.54 Å². The number of halogens is 1. The predicted molar refractivity (Wildman–Crippen MR) is 93.8 cm³/mol. The van der Waals surface area contributed by atoms with Crippen LogP contribution in [0.2, 0.25) is 0 Å². The standard InChI is InChI=1S/C16H18FN3O4S/c1-9-4-5-12(11(17)8-9)18-13-10(2)15(21)20-6-7-24-16(20)14(13)19-25(3,22)23/h4-5,8,18-19H,6-7H2,1-3H3. The van der Waals surface area contributed by atoms with Gasteiger partial charge in [0.2, 0.25) is 15.9 Å². The molecule has 134 valence electrons. The molecule has 3 rings (SSSR count). The van der Waals surface area contributed by atoms with E-state index in [-0.39, 0.29) is 40.7 Å². The van der Waals surface area contributed by atoms with Crippen molar-refractivity contribution in [3.63, 3.8) is 0 Å². The highest BCUT2D eigenvalue weighted by molar-refractivity contribution is 7.92. The fourth-order valence-corrected chi connectivity index (χ4v) is 3.27. The van der Waals surface area contributed by atoms with E-state index in [4.69, 9.17) is 4.74 Å². The zero-order valence-corrected chi connectivity index (χ0v) is 14.8. The molecule has 0 amide bonds. The Labute approximate surface area is 144 Å². The van der Waals surface area contributed by atoms with Gasteiger partial charge in [-0.1, -0.05) is 6.07 Å². The summed E-state index contributed by atoms with van der Waals surface area (Å²) in [5, 5.41) is 2.83. The lowest BCUT2D eigenvalue weighted by Gasteiger charge is -2.19. The van der Waals surface area contributed by atoms with Crippen molar-refractivity contribution in [3.8, 4) is 5.88 Å². The average molecular weight is 367 g/mol. The summed E-state index contributed by atoms with van der Waals surface area (Å²) in [5.74, 6) is -0.387. The Hall–Kier alpha value is -2.55. The van der Waals surface area contributed by atoms with Gasteiger partial charge in [-0.3, -0.25) is 14.1 Å². The molecule has 9 heteroatoms. The minimum Gasteiger partial charge on any atom is -0.475 e. The summed E-state index contributed by atoms with van der Waals surface area (Å²) in [6.45, 7) is 3.89. The maximum absolute atomic E-state index is 14.2. The van der Waals surface area contributed by atoms with E-state index in [1.54, 1.807) is 19.9 Å². The van der Waals surface area contributed by atoms with Crippen molar-refractivity contribution in [1.82, 2.24) is 4.57 Å². The van der Waals surface area contributed by atoms with E-state index >= 15 is 0 Å². The number of aromatic nitrogens is 1. The number of benzene rings is 1. The van der Waals surface area contributed by atoms with Crippen LogP contribution in [0.1, 0.15) is 11.1 Å². The topological polar surface area (TPSA) is 89.4 Å². The number of hydrogen-bond donors (Lipinski definition) is 2. The van der Waals surface area contributed by atoms with Gasteiger partial charge in [0, 0.05) is 5.56 Å². The van der Waals surface area contributed by atoms with Crippen LogP contribution in [0.3, 0.4) is 0 Å². The lowest BCUT2D eigenvalue weighted by Crippen LogP contribution is -2.24. The second-order valence-corrected chi connectivity index (χ2v) is 7.72. The van der Waals surface area contributed by atoms with E-state index in [2.05, 4.69) is 10.0 Å². The van der Waals surface area contributed by atoms with Crippen molar-refractivity contribution in [3.05, 3.63) is 45.5 Å². The summed E-state index contributed by atoms with van der Waals surface area (Å²) in [7, 11) is -3.64. The second-order valence-electron chi connectivity index (χ2n) is 5.97. The van der Waals surface area contributed by atoms with Crippen LogP contribution >= 0.6 is 0 Å². The molecule has 1 aliphatic rings. The van der Waals surface area contributed by atoms with Gasteiger partial charge >= 0.3 is 0 Å². The molecular formula is C16H18FN3O4S. The van der Waals surface area contributed by atoms with Gasteiger partial charge in [-0.25, -0.2) is 12.8 Å². The third-order valence-electron chi connectivity index (χ3n) is 3.88. The third-order valence-corrected chi connectivity index (χ3v) is 4.45. The van der Waals surface area contributed by atoms with Crippen molar-refractivity contribution in [2.24, 2.45) is 0 Å². The first-order valence-electron chi connectivity index (χ1n) is 7.58. The number of rotatable bonds is 4. The van der Waals surface area contributed by atoms with Gasteiger partial charge in [0.1, 0.15) is 18.1 Å². The molecule has 1 aromatic carbocycles. The Bertz CT molecular complexity index is 1020. The molecule has 0 aliphatic carbocycles. The van der Waals surface area contributed by atoms with Gasteiger partial charge < -0.3 is 10.1 Å². The zero-order chi connectivity index (χ0) is 18.4. The fourth-order valence-electron chi connectivity index (χ4n) is 2.71. The van der Waals surface area contributed by atoms with E-state index in [1.807, 2.05) is 0 Å². The molecule has 25 heavy (non-hydrogen) atoms. The van der Waals surface area contributed by atoms with Crippen LogP contribution in [0.4, 0.5) is 21.5 Å². The molecule has 2 heterocycles. The van der Waals surface area contributed by atoms with E-state index in [0.717, 1.165) is 11.8 Å². The molecule has 0 bridgehead atoms. The van der Waals surface area contributed by atoms with Gasteiger partial charge in [0.25, 0.3) is 5.56 Å². The number of sulfonamides is 1. The molecule has 0 saturated carbocycles. The number of ether oxygens (including phenoxy) is 1. The van der Waals surface area contributed by atoms with E-state index in [1.165, 1.54) is 16.7 Å². The molecule has 0 spiro atoms. The van der Waals surface area contributed by atoms with Crippen molar-refractivity contribution in [2.75, 3.05) is 22.9 Å². The minimum absolute atomic E-state index is 0.0945. The summed E-state index contributed by atoms with van der Waals surface area (Å²) in [6.07, 6.45) is 0.996. The van der Waals surface area contributed by atoms with Crippen LogP contribution in [0.5, 0.6) is 5.88 Å². The summed E-state index contributed by atoms with van der Waals surface area (Å²) in [6, 6.07) is 4.58. The van der Waals surface area contributed by atoms with Crippen LogP contribution in [0.25, 0.3) is 0 Å². The summed E-state index contributed by atoms with van der Waals surface area (Å²) in [5.41, 5.74) is 1.09. The lowest BCUT2D eigenvalue weighted by atomic mass is 10.1. The number of aryl methyl sites for hydroxylation is 1. The molecular weight excluding hydrogens is 349 g/mol. The maximum Gasteiger partial charge on any atom is 0.258 e. The molecule has 1 aliphatic heterocycles. The number of hydrogen-bond acceptors (Lipinski definition) is 5. The van der Waals surface area contributed by atoms with Crippen molar-refractivity contribution < 1.29 is 17.5 Å². The molecule has 2 N–H and O–H groups in total. The summed E-state index contributed by atoms with van der Waals surface area (Å²) < 4.78 is 46.9. The number of pyridine rings is 1. The summed E-state index contributed by atoms with van der Waals surface area (Å²) >= 11 is 0. The highest BCUT2D eigenvalue weighted by Crippen LogP contribution is 2.38. The Balaban J connectivity index is 2.20. The fraction of sp³-hybridized carbons (Fsp3) is 0.312. The molecule has 1 aromatic heterocycles. The lowest BCUT2D eigenvalue weighted by molar-refractivity contribution is 0.358. The van der Waals surface area contributed by atoms with E-state index in [9.17, 15) is 17.6 Å². The molecule has 7 nitrogen and oxygen atoms in total. The first-order valence-corrected chi connectivity index (χ1v) is 9.47. The number of nitrogens with one attached hydrogen (secondary N) is 2. The van der Waals surface area contributed by atoms with Crippen LogP contribution in [0, 0.1) is 19.7 Å². The van der Waals surface area contributed by atoms with E-state index < -0.39 is 15.8 Å². The van der Waals surface area contributed by atoms with Crippen LogP contribution < -0.4 is 20.3 Å². The summed E-state index contributed by atoms with van der Waals surface area (Å²) in [4.78, 5) is 12.5. The van der Waals surface area contributed by atoms with Gasteiger partial charge in [0.05, 0.1) is 24.2 Å². The molecule has 0 radical (unpaired) electrons. The molecule has 0 saturated heterocycles. The third kappa shape index (κ3) is 3.32. The molecule has 2 aromatic rings. The highest BCUT2D eigenvalue weighted by Gasteiger charge is 2.26. The Kier molecular flexibility index (Phi) is 4.19. The second kappa shape index (κ2) is 6.07. The SMILES string of the molecule is Cc1ccc(Nc2c(NS(C)(=O)=O)c3n(c(=O)c2C)CCO3)c(F)c1. The maximum atomic E-state index is 14.2. The first-order chi connectivity index (χ1) is 11.7. The Morgan fingerprint density at radius 2 is 1.96 bits per heavy atom. The minimum atomic E-state index is -3.64. The average Bonchev–Trinajstić information content (AvgIpc) is 2.99. The van der Waals surface area contributed by atoms with Gasteiger partial charge in [0.15, 0.2) is 0 Å². The predicted octanol–water partition coefficient (Wildman–Crippen LogP) is 2.11.